The van der Waals surface area contributed by atoms with Crippen molar-refractivity contribution in [2.24, 2.45) is 5.92 Å². The number of aromatic nitrogens is 2. The molecule has 1 aliphatic heterocycles. The minimum Gasteiger partial charge on any atom is -0.310 e. The van der Waals surface area contributed by atoms with Crippen LogP contribution in [0.3, 0.4) is 0 Å². The van der Waals surface area contributed by atoms with Gasteiger partial charge in [0.05, 0.1) is 11.7 Å². The summed E-state index contributed by atoms with van der Waals surface area (Å²) in [6.07, 6.45) is 4.05. The summed E-state index contributed by atoms with van der Waals surface area (Å²) >= 11 is 6.92. The summed E-state index contributed by atoms with van der Waals surface area (Å²) in [5.41, 5.74) is 2.85. The van der Waals surface area contributed by atoms with Crippen LogP contribution in [-0.2, 0) is 0 Å². The van der Waals surface area contributed by atoms with Gasteiger partial charge in [-0.3, -0.25) is 0 Å². The topological polar surface area (TPSA) is 17.8 Å². The molecule has 2 heterocycles. The van der Waals surface area contributed by atoms with Crippen LogP contribution in [-0.4, -0.2) is 15.5 Å². The quantitative estimate of drug-likeness (QED) is 0.506. The molecule has 1 fully saturated rings. The number of imidazole rings is 1. The van der Waals surface area contributed by atoms with Crippen LogP contribution in [0.1, 0.15) is 50.1 Å². The maximum absolute atomic E-state index is 15.0. The predicted molar refractivity (Wildman–Crippen MR) is 97.3 cm³/mol. The molecule has 4 rings (SSSR count). The van der Waals surface area contributed by atoms with Gasteiger partial charge in [-0.1, -0.05) is 43.5 Å². The summed E-state index contributed by atoms with van der Waals surface area (Å²) in [5, 5.41) is 0. The van der Waals surface area contributed by atoms with Gasteiger partial charge >= 0.3 is 0 Å². The van der Waals surface area contributed by atoms with Crippen LogP contribution in [0.5, 0.6) is 0 Å². The summed E-state index contributed by atoms with van der Waals surface area (Å²) in [7, 11) is 0. The van der Waals surface area contributed by atoms with E-state index < -0.39 is 11.8 Å². The molecule has 0 amide bonds. The highest BCUT2D eigenvalue weighted by Gasteiger charge is 2.45. The molecule has 0 N–H and O–H groups in total. The van der Waals surface area contributed by atoms with Crippen molar-refractivity contribution in [3.8, 4) is 11.3 Å². The SMILES string of the molecule is FC(F)(CC1c2ccccc2-c2c(Br)nc(Br)n21)C1CCCCC1. The number of fused-ring (bicyclic) bond motifs is 3. The number of hydrogen-bond acceptors (Lipinski definition) is 1. The van der Waals surface area contributed by atoms with Crippen molar-refractivity contribution >= 4 is 31.9 Å². The first kappa shape index (κ1) is 16.7. The van der Waals surface area contributed by atoms with Crippen LogP contribution < -0.4 is 0 Å². The molecule has 2 nitrogen and oxygen atoms in total. The fourth-order valence-electron chi connectivity index (χ4n) is 4.20. The summed E-state index contributed by atoms with van der Waals surface area (Å²) in [6.45, 7) is 0. The predicted octanol–water partition coefficient (Wildman–Crippen LogP) is 6.58. The number of halogens is 4. The van der Waals surface area contributed by atoms with Crippen LogP contribution >= 0.6 is 31.9 Å². The largest absolute Gasteiger partial charge is 0.310 e. The maximum Gasteiger partial charge on any atom is 0.253 e. The Balaban J connectivity index is 1.73. The number of hydrogen-bond donors (Lipinski definition) is 0. The van der Waals surface area contributed by atoms with Crippen molar-refractivity contribution in [3.63, 3.8) is 0 Å². The lowest BCUT2D eigenvalue weighted by Crippen LogP contribution is -2.33. The first-order valence-corrected chi connectivity index (χ1v) is 9.98. The molecule has 2 aromatic rings. The summed E-state index contributed by atoms with van der Waals surface area (Å²) in [6, 6.07) is 7.44. The minimum atomic E-state index is -2.66. The third-order valence-corrected chi connectivity index (χ3v) is 6.49. The molecule has 128 valence electrons. The highest BCUT2D eigenvalue weighted by atomic mass is 79.9. The lowest BCUT2D eigenvalue weighted by Gasteiger charge is -2.32. The monoisotopic (exact) mass is 458 g/mol. The van der Waals surface area contributed by atoms with Gasteiger partial charge in [-0.15, -0.1) is 0 Å². The zero-order valence-corrected chi connectivity index (χ0v) is 16.3. The Morgan fingerprint density at radius 1 is 1.12 bits per heavy atom. The second-order valence-electron chi connectivity index (χ2n) is 6.79. The molecule has 2 aliphatic rings. The van der Waals surface area contributed by atoms with E-state index in [1.807, 2.05) is 28.8 Å². The molecule has 1 saturated carbocycles. The molecule has 1 unspecified atom stereocenters. The molecule has 1 aromatic carbocycles. The van der Waals surface area contributed by atoms with E-state index in [9.17, 15) is 0 Å². The van der Waals surface area contributed by atoms with Crippen LogP contribution in [0.25, 0.3) is 11.3 Å². The first-order valence-electron chi connectivity index (χ1n) is 8.39. The van der Waals surface area contributed by atoms with Gasteiger partial charge in [-0.2, -0.15) is 0 Å². The zero-order chi connectivity index (χ0) is 16.9. The highest BCUT2D eigenvalue weighted by molar-refractivity contribution is 9.11. The van der Waals surface area contributed by atoms with Crippen LogP contribution in [0, 0.1) is 5.92 Å². The maximum atomic E-state index is 15.0. The van der Waals surface area contributed by atoms with Crippen LogP contribution in [0.15, 0.2) is 33.6 Å². The summed E-state index contributed by atoms with van der Waals surface area (Å²) in [4.78, 5) is 4.38. The van der Waals surface area contributed by atoms with Gasteiger partial charge in [0.25, 0.3) is 5.92 Å². The first-order chi connectivity index (χ1) is 11.5. The Kier molecular flexibility index (Phi) is 4.32. The van der Waals surface area contributed by atoms with Crippen molar-refractivity contribution in [1.82, 2.24) is 9.55 Å². The number of alkyl halides is 2. The van der Waals surface area contributed by atoms with Crippen molar-refractivity contribution in [3.05, 3.63) is 39.2 Å². The standard InChI is InChI=1S/C18H18Br2F2N2/c19-16-15-13-9-5-4-8-12(13)14(24(15)17(20)23-16)10-18(21,22)11-6-2-1-3-7-11/h4-5,8-9,11,14H,1-3,6-7,10H2. The lowest BCUT2D eigenvalue weighted by molar-refractivity contribution is -0.0837. The van der Waals surface area contributed by atoms with E-state index in [-0.39, 0.29) is 12.5 Å². The van der Waals surface area contributed by atoms with Gasteiger partial charge < -0.3 is 4.57 Å². The molecule has 1 atom stereocenters. The van der Waals surface area contributed by atoms with Crippen molar-refractivity contribution < 1.29 is 8.78 Å². The van der Waals surface area contributed by atoms with E-state index in [0.717, 1.165) is 36.1 Å². The van der Waals surface area contributed by atoms with E-state index >= 15 is 8.78 Å². The lowest BCUT2D eigenvalue weighted by atomic mass is 9.81. The zero-order valence-electron chi connectivity index (χ0n) is 13.1. The van der Waals surface area contributed by atoms with E-state index in [0.29, 0.717) is 22.2 Å². The average Bonchev–Trinajstić information content (AvgIpc) is 3.05. The molecule has 1 aliphatic carbocycles. The third kappa shape index (κ3) is 2.66. The van der Waals surface area contributed by atoms with Crippen molar-refractivity contribution in [2.45, 2.75) is 50.5 Å². The second-order valence-corrected chi connectivity index (χ2v) is 8.25. The van der Waals surface area contributed by atoms with Gasteiger partial charge in [0.1, 0.15) is 4.60 Å². The summed E-state index contributed by atoms with van der Waals surface area (Å²) in [5.74, 6) is -3.15. The Labute approximate surface area is 156 Å². The average molecular weight is 460 g/mol. The van der Waals surface area contributed by atoms with Crippen molar-refractivity contribution in [1.29, 1.82) is 0 Å². The van der Waals surface area contributed by atoms with E-state index in [4.69, 9.17) is 0 Å². The van der Waals surface area contributed by atoms with Crippen molar-refractivity contribution in [2.75, 3.05) is 0 Å². The van der Waals surface area contributed by atoms with E-state index in [1.54, 1.807) is 0 Å². The minimum absolute atomic E-state index is 0.164. The summed E-state index contributed by atoms with van der Waals surface area (Å²) < 4.78 is 33.3. The molecule has 0 radical (unpaired) electrons. The van der Waals surface area contributed by atoms with Gasteiger partial charge in [0.2, 0.25) is 0 Å². The van der Waals surface area contributed by atoms with Gasteiger partial charge in [-0.05, 0) is 50.3 Å². The third-order valence-electron chi connectivity index (χ3n) is 5.38. The fraction of sp³-hybridized carbons (Fsp3) is 0.500. The molecule has 0 bridgehead atoms. The van der Waals surface area contributed by atoms with Gasteiger partial charge in [0.15, 0.2) is 4.73 Å². The van der Waals surface area contributed by atoms with Crippen LogP contribution in [0.2, 0.25) is 0 Å². The normalized spacial score (nSPS) is 20.9. The Morgan fingerprint density at radius 3 is 2.58 bits per heavy atom. The molecule has 6 heteroatoms. The smallest absolute Gasteiger partial charge is 0.253 e. The number of nitrogens with zero attached hydrogens (tertiary/aromatic N) is 2. The van der Waals surface area contributed by atoms with E-state index in [1.165, 1.54) is 0 Å². The molecule has 24 heavy (non-hydrogen) atoms. The Morgan fingerprint density at radius 2 is 1.83 bits per heavy atom. The van der Waals surface area contributed by atoms with Gasteiger partial charge in [-0.25, -0.2) is 13.8 Å². The van der Waals surface area contributed by atoms with Crippen LogP contribution in [0.4, 0.5) is 8.78 Å². The fourth-order valence-corrected chi connectivity index (χ4v) is 5.61. The molecule has 0 spiro atoms. The number of benzene rings is 1. The Bertz CT molecular complexity index is 766. The molecule has 1 aromatic heterocycles. The number of rotatable bonds is 3. The van der Waals surface area contributed by atoms with E-state index in [2.05, 4.69) is 36.8 Å². The molecule has 0 saturated heterocycles. The Hall–Kier alpha value is -0.750. The van der Waals surface area contributed by atoms with Gasteiger partial charge in [0, 0.05) is 17.9 Å². The molecular weight excluding hydrogens is 442 g/mol. The molecular formula is C18H18Br2F2N2. The second kappa shape index (κ2) is 6.20. The highest BCUT2D eigenvalue weighted by Crippen LogP contribution is 2.50.